The number of nitrogens with zero attached hydrogens (tertiary/aromatic N) is 4. The third-order valence-corrected chi connectivity index (χ3v) is 5.72. The molecule has 0 aliphatic carbocycles. The third-order valence-electron chi connectivity index (χ3n) is 5.72. The minimum absolute atomic E-state index is 0.000705. The summed E-state index contributed by atoms with van der Waals surface area (Å²) in [6.07, 6.45) is 5.14. The van der Waals surface area contributed by atoms with Gasteiger partial charge in [-0.3, -0.25) is 14.3 Å². The summed E-state index contributed by atoms with van der Waals surface area (Å²) in [6, 6.07) is 12.5. The minimum Gasteiger partial charge on any atom is -0.496 e. The predicted molar refractivity (Wildman–Crippen MR) is 127 cm³/mol. The number of aromatic nitrogens is 3. The second-order valence-electron chi connectivity index (χ2n) is 7.71. The molecule has 0 unspecified atom stereocenters. The number of ether oxygens (including phenoxy) is 1. The smallest absolute Gasteiger partial charge is 0.274 e. The van der Waals surface area contributed by atoms with Gasteiger partial charge in [0.25, 0.3) is 5.91 Å². The molecule has 0 bridgehead atoms. The fraction of sp³-hybridized carbons (Fsp3) is 0.208. The van der Waals surface area contributed by atoms with E-state index < -0.39 is 0 Å². The van der Waals surface area contributed by atoms with Gasteiger partial charge in [-0.15, -0.1) is 0 Å². The van der Waals surface area contributed by atoms with E-state index in [-0.39, 0.29) is 17.5 Å². The highest BCUT2D eigenvalue weighted by molar-refractivity contribution is 6.04. The summed E-state index contributed by atoms with van der Waals surface area (Å²) >= 11 is 0. The summed E-state index contributed by atoms with van der Waals surface area (Å²) in [5, 5.41) is 18.5. The number of hydrogen-bond donors (Lipinski definition) is 3. The van der Waals surface area contributed by atoms with Crippen LogP contribution in [0.2, 0.25) is 0 Å². The largest absolute Gasteiger partial charge is 0.496 e. The van der Waals surface area contributed by atoms with Crippen LogP contribution in [0.1, 0.15) is 10.5 Å². The zero-order valence-electron chi connectivity index (χ0n) is 18.2. The molecule has 1 amide bonds. The van der Waals surface area contributed by atoms with E-state index in [1.165, 1.54) is 0 Å². The van der Waals surface area contributed by atoms with Gasteiger partial charge in [0.15, 0.2) is 0 Å². The van der Waals surface area contributed by atoms with Crippen molar-refractivity contribution in [1.29, 1.82) is 0 Å². The Balaban J connectivity index is 1.45. The number of pyridine rings is 2. The van der Waals surface area contributed by atoms with Crippen molar-refractivity contribution in [3.05, 3.63) is 66.7 Å². The first-order valence-electron chi connectivity index (χ1n) is 10.7. The van der Waals surface area contributed by atoms with Gasteiger partial charge in [0.1, 0.15) is 17.3 Å². The second-order valence-corrected chi connectivity index (χ2v) is 7.71. The molecule has 3 aromatic heterocycles. The molecule has 5 rings (SSSR count). The van der Waals surface area contributed by atoms with Gasteiger partial charge in [-0.25, -0.2) is 4.98 Å². The Labute approximate surface area is 190 Å². The van der Waals surface area contributed by atoms with Crippen LogP contribution >= 0.6 is 0 Å². The molecule has 33 heavy (non-hydrogen) atoms. The topological polar surface area (TPSA) is 105 Å². The fourth-order valence-corrected chi connectivity index (χ4v) is 4.10. The van der Waals surface area contributed by atoms with Gasteiger partial charge >= 0.3 is 0 Å². The zero-order valence-corrected chi connectivity index (χ0v) is 18.2. The first-order chi connectivity index (χ1) is 16.2. The monoisotopic (exact) mass is 444 g/mol. The molecule has 4 aromatic rings. The number of amides is 1. The molecule has 0 atom stereocenters. The highest BCUT2D eigenvalue weighted by Crippen LogP contribution is 2.36. The van der Waals surface area contributed by atoms with Crippen molar-refractivity contribution in [1.82, 2.24) is 19.9 Å². The minimum atomic E-state index is -0.352. The van der Waals surface area contributed by atoms with Crippen molar-refractivity contribution in [3.63, 3.8) is 0 Å². The summed E-state index contributed by atoms with van der Waals surface area (Å²) < 4.78 is 6.92. The number of carbonyl (C=O) groups excluding carboxylic acids is 1. The van der Waals surface area contributed by atoms with E-state index in [4.69, 9.17) is 4.74 Å². The van der Waals surface area contributed by atoms with Gasteiger partial charge in [0, 0.05) is 44.0 Å². The Morgan fingerprint density at radius 1 is 1.15 bits per heavy atom. The lowest BCUT2D eigenvalue weighted by molar-refractivity contribution is 0.102. The lowest BCUT2D eigenvalue weighted by Gasteiger charge is -2.30. The van der Waals surface area contributed by atoms with Crippen LogP contribution < -0.4 is 20.3 Å². The Hall–Kier alpha value is -4.11. The molecule has 4 heterocycles. The quantitative estimate of drug-likeness (QED) is 0.435. The van der Waals surface area contributed by atoms with Crippen molar-refractivity contribution in [2.24, 2.45) is 0 Å². The molecule has 1 fully saturated rings. The molecule has 3 N–H and O–H groups in total. The first kappa shape index (κ1) is 20.8. The number of methoxy groups -OCH3 is 1. The normalized spacial score (nSPS) is 13.8. The number of benzene rings is 1. The Bertz CT molecular complexity index is 1310. The summed E-state index contributed by atoms with van der Waals surface area (Å²) in [4.78, 5) is 24.0. The van der Waals surface area contributed by atoms with Gasteiger partial charge < -0.3 is 25.4 Å². The predicted octanol–water partition coefficient (Wildman–Crippen LogP) is 2.80. The number of piperazine rings is 1. The van der Waals surface area contributed by atoms with Crippen molar-refractivity contribution in [2.45, 2.75) is 0 Å². The second kappa shape index (κ2) is 8.79. The molecule has 9 nitrogen and oxygen atoms in total. The molecule has 0 saturated carbocycles. The highest BCUT2D eigenvalue weighted by Gasteiger charge is 2.19. The van der Waals surface area contributed by atoms with Crippen LogP contribution in [-0.4, -0.2) is 58.8 Å². The van der Waals surface area contributed by atoms with E-state index in [0.29, 0.717) is 22.6 Å². The van der Waals surface area contributed by atoms with Crippen LogP contribution in [-0.2, 0) is 0 Å². The SMILES string of the molecule is COc1cccc2cn(-c3cccc(C(=O)Nc4cnccc4N4CCNCC4)n3)c(O)c12. The van der Waals surface area contributed by atoms with E-state index in [0.717, 1.165) is 37.3 Å². The molecule has 1 aliphatic heterocycles. The molecular weight excluding hydrogens is 420 g/mol. The van der Waals surface area contributed by atoms with Crippen molar-refractivity contribution in [2.75, 3.05) is 43.5 Å². The first-order valence-corrected chi connectivity index (χ1v) is 10.7. The number of carbonyl (C=O) groups is 1. The van der Waals surface area contributed by atoms with Crippen LogP contribution in [0.5, 0.6) is 11.6 Å². The van der Waals surface area contributed by atoms with Gasteiger partial charge in [-0.2, -0.15) is 0 Å². The van der Waals surface area contributed by atoms with Crippen LogP contribution in [0.3, 0.4) is 0 Å². The van der Waals surface area contributed by atoms with Crippen LogP contribution in [0.4, 0.5) is 11.4 Å². The number of fused-ring (bicyclic) bond motifs is 1. The zero-order chi connectivity index (χ0) is 22.8. The molecular formula is C24H24N6O3. The van der Waals surface area contributed by atoms with E-state index in [9.17, 15) is 9.90 Å². The van der Waals surface area contributed by atoms with Crippen molar-refractivity contribution in [3.8, 4) is 17.4 Å². The van der Waals surface area contributed by atoms with Crippen LogP contribution in [0.25, 0.3) is 16.6 Å². The fourth-order valence-electron chi connectivity index (χ4n) is 4.10. The molecule has 1 aliphatic rings. The van der Waals surface area contributed by atoms with Gasteiger partial charge in [-0.05, 0) is 24.3 Å². The van der Waals surface area contributed by atoms with Crippen LogP contribution in [0.15, 0.2) is 61.1 Å². The number of rotatable bonds is 5. The van der Waals surface area contributed by atoms with E-state index >= 15 is 0 Å². The van der Waals surface area contributed by atoms with E-state index in [1.54, 1.807) is 54.5 Å². The van der Waals surface area contributed by atoms with Crippen molar-refractivity contribution < 1.29 is 14.6 Å². The molecule has 0 spiro atoms. The number of nitrogens with one attached hydrogen (secondary N) is 2. The molecule has 1 saturated heterocycles. The Morgan fingerprint density at radius 3 is 2.79 bits per heavy atom. The van der Waals surface area contributed by atoms with Gasteiger partial charge in [0.2, 0.25) is 5.88 Å². The summed E-state index contributed by atoms with van der Waals surface area (Å²) in [5.41, 5.74) is 1.79. The average molecular weight is 444 g/mol. The Morgan fingerprint density at radius 2 is 1.97 bits per heavy atom. The molecule has 168 valence electrons. The maximum atomic E-state index is 13.1. The standard InChI is InChI=1S/C24H24N6O3/c1-33-20-6-2-4-16-15-30(24(32)22(16)20)21-7-3-5-17(27-21)23(31)28-18-14-26-9-8-19(18)29-12-10-25-11-13-29/h2-9,14-15,25,32H,10-13H2,1H3,(H,28,31). The van der Waals surface area contributed by atoms with Gasteiger partial charge in [0.05, 0.1) is 30.1 Å². The molecule has 9 heteroatoms. The lowest BCUT2D eigenvalue weighted by atomic mass is 10.2. The molecule has 0 radical (unpaired) electrons. The summed E-state index contributed by atoms with van der Waals surface area (Å²) in [7, 11) is 1.56. The maximum Gasteiger partial charge on any atom is 0.274 e. The summed E-state index contributed by atoms with van der Waals surface area (Å²) in [5.74, 6) is 0.636. The van der Waals surface area contributed by atoms with Crippen molar-refractivity contribution >= 4 is 28.1 Å². The lowest BCUT2D eigenvalue weighted by Crippen LogP contribution is -2.43. The average Bonchev–Trinajstić information content (AvgIpc) is 3.21. The van der Waals surface area contributed by atoms with Crippen LogP contribution in [0, 0.1) is 0 Å². The number of hydrogen-bond acceptors (Lipinski definition) is 7. The van der Waals surface area contributed by atoms with E-state index in [1.807, 2.05) is 18.2 Å². The third kappa shape index (κ3) is 3.94. The number of anilines is 2. The van der Waals surface area contributed by atoms with E-state index in [2.05, 4.69) is 25.5 Å². The molecule has 1 aromatic carbocycles. The maximum absolute atomic E-state index is 13.1. The van der Waals surface area contributed by atoms with Gasteiger partial charge in [-0.1, -0.05) is 18.2 Å². The number of aromatic hydroxyl groups is 1. The summed E-state index contributed by atoms with van der Waals surface area (Å²) in [6.45, 7) is 3.48. The highest BCUT2D eigenvalue weighted by atomic mass is 16.5. The Kier molecular flexibility index (Phi) is 5.54.